The first-order chi connectivity index (χ1) is 5.86. The molecular formula is C10H18N2. The monoisotopic (exact) mass is 166 g/mol. The van der Waals surface area contributed by atoms with Crippen LogP contribution in [0.2, 0.25) is 0 Å². The molecular weight excluding hydrogens is 148 g/mol. The van der Waals surface area contributed by atoms with Gasteiger partial charge in [0.15, 0.2) is 0 Å². The van der Waals surface area contributed by atoms with Crippen molar-refractivity contribution in [2.24, 2.45) is 4.99 Å². The second kappa shape index (κ2) is 3.46. The van der Waals surface area contributed by atoms with Crippen molar-refractivity contribution in [3.05, 3.63) is 0 Å². The van der Waals surface area contributed by atoms with E-state index in [1.54, 1.807) is 0 Å². The zero-order chi connectivity index (χ0) is 8.39. The van der Waals surface area contributed by atoms with E-state index in [1.165, 1.54) is 51.0 Å². The van der Waals surface area contributed by atoms with Gasteiger partial charge in [-0.05, 0) is 26.2 Å². The maximum Gasteiger partial charge on any atom is 0.0992 e. The summed E-state index contributed by atoms with van der Waals surface area (Å²) in [6.07, 6.45) is 6.59. The summed E-state index contributed by atoms with van der Waals surface area (Å²) in [6, 6.07) is 0.578. The lowest BCUT2D eigenvalue weighted by atomic mass is 10.1. The minimum absolute atomic E-state index is 0.578. The zero-order valence-corrected chi connectivity index (χ0v) is 7.92. The summed E-state index contributed by atoms with van der Waals surface area (Å²) in [6.45, 7) is 4.74. The Morgan fingerprint density at radius 1 is 1.25 bits per heavy atom. The third kappa shape index (κ3) is 1.62. The summed E-state index contributed by atoms with van der Waals surface area (Å²) >= 11 is 0. The molecule has 0 aromatic heterocycles. The van der Waals surface area contributed by atoms with Crippen molar-refractivity contribution in [1.82, 2.24) is 4.90 Å². The molecule has 2 aliphatic rings. The molecule has 12 heavy (non-hydrogen) atoms. The molecule has 0 N–H and O–H groups in total. The first-order valence-electron chi connectivity index (χ1n) is 5.18. The fraction of sp³-hybridized carbons (Fsp3) is 0.900. The first-order valence-corrected chi connectivity index (χ1v) is 5.18. The molecule has 1 unspecified atom stereocenters. The van der Waals surface area contributed by atoms with E-state index in [4.69, 9.17) is 4.99 Å². The lowest BCUT2D eigenvalue weighted by Crippen LogP contribution is -2.37. The molecule has 2 heterocycles. The third-order valence-electron chi connectivity index (χ3n) is 2.88. The first kappa shape index (κ1) is 8.09. The van der Waals surface area contributed by atoms with Gasteiger partial charge in [0.1, 0.15) is 0 Å². The van der Waals surface area contributed by atoms with Crippen molar-refractivity contribution in [1.29, 1.82) is 0 Å². The fourth-order valence-corrected chi connectivity index (χ4v) is 2.10. The van der Waals surface area contributed by atoms with E-state index in [2.05, 4.69) is 11.8 Å². The van der Waals surface area contributed by atoms with Gasteiger partial charge < -0.3 is 4.90 Å². The number of hydrogen-bond acceptors (Lipinski definition) is 2. The number of fused-ring (bicyclic) bond motifs is 1. The van der Waals surface area contributed by atoms with Gasteiger partial charge in [0.2, 0.25) is 0 Å². The quantitative estimate of drug-likeness (QED) is 0.538. The fourth-order valence-electron chi connectivity index (χ4n) is 2.10. The highest BCUT2D eigenvalue weighted by molar-refractivity contribution is 5.83. The van der Waals surface area contributed by atoms with E-state index in [9.17, 15) is 0 Å². The van der Waals surface area contributed by atoms with E-state index in [0.717, 1.165) is 0 Å². The Labute approximate surface area is 74.7 Å². The molecule has 68 valence electrons. The molecule has 2 aliphatic heterocycles. The largest absolute Gasteiger partial charge is 0.360 e. The highest BCUT2D eigenvalue weighted by Gasteiger charge is 2.19. The van der Waals surface area contributed by atoms with Gasteiger partial charge in [-0.2, -0.15) is 0 Å². The average molecular weight is 166 g/mol. The van der Waals surface area contributed by atoms with Crippen molar-refractivity contribution in [2.75, 3.05) is 13.1 Å². The smallest absolute Gasteiger partial charge is 0.0992 e. The summed E-state index contributed by atoms with van der Waals surface area (Å²) in [5.41, 5.74) is 0. The number of nitrogens with zero attached hydrogens (tertiary/aromatic N) is 2. The molecule has 0 aromatic rings. The Morgan fingerprint density at radius 3 is 3.08 bits per heavy atom. The van der Waals surface area contributed by atoms with Gasteiger partial charge in [-0.15, -0.1) is 0 Å². The van der Waals surface area contributed by atoms with E-state index in [0.29, 0.717) is 6.04 Å². The molecule has 0 saturated carbocycles. The van der Waals surface area contributed by atoms with E-state index >= 15 is 0 Å². The molecule has 1 atom stereocenters. The van der Waals surface area contributed by atoms with Gasteiger partial charge in [-0.1, -0.05) is 6.42 Å². The normalized spacial score (nSPS) is 30.6. The maximum atomic E-state index is 4.71. The maximum absolute atomic E-state index is 4.71. The van der Waals surface area contributed by atoms with Crippen LogP contribution in [0.3, 0.4) is 0 Å². The summed E-state index contributed by atoms with van der Waals surface area (Å²) in [7, 11) is 0. The minimum atomic E-state index is 0.578. The SMILES string of the molecule is CC1CCN2CCCCCC2=N1. The van der Waals surface area contributed by atoms with Crippen LogP contribution in [-0.2, 0) is 0 Å². The van der Waals surface area contributed by atoms with Crippen LogP contribution in [-0.4, -0.2) is 29.9 Å². The summed E-state index contributed by atoms with van der Waals surface area (Å²) in [5.74, 6) is 1.39. The second-order valence-electron chi connectivity index (χ2n) is 3.98. The Kier molecular flexibility index (Phi) is 2.33. The van der Waals surface area contributed by atoms with Crippen molar-refractivity contribution in [3.8, 4) is 0 Å². The van der Waals surface area contributed by atoms with Gasteiger partial charge in [-0.25, -0.2) is 0 Å². The Balaban J connectivity index is 2.10. The molecule has 0 aromatic carbocycles. The standard InChI is InChI=1S/C10H18N2/c1-9-6-8-12-7-4-2-3-5-10(12)11-9/h9H,2-8H2,1H3. The van der Waals surface area contributed by atoms with Gasteiger partial charge in [0.05, 0.1) is 11.9 Å². The van der Waals surface area contributed by atoms with Crippen LogP contribution in [0.25, 0.3) is 0 Å². The lowest BCUT2D eigenvalue weighted by Gasteiger charge is -2.30. The van der Waals surface area contributed by atoms with Crippen LogP contribution >= 0.6 is 0 Å². The predicted octanol–water partition coefficient (Wildman–Crippen LogP) is 2.05. The number of rotatable bonds is 0. The molecule has 0 amide bonds. The predicted molar refractivity (Wildman–Crippen MR) is 51.6 cm³/mol. The molecule has 1 saturated heterocycles. The van der Waals surface area contributed by atoms with Crippen molar-refractivity contribution in [2.45, 2.75) is 45.1 Å². The van der Waals surface area contributed by atoms with Gasteiger partial charge in [-0.3, -0.25) is 4.99 Å². The molecule has 0 bridgehead atoms. The van der Waals surface area contributed by atoms with Crippen LogP contribution in [0, 0.1) is 0 Å². The van der Waals surface area contributed by atoms with Crippen LogP contribution in [0.15, 0.2) is 4.99 Å². The third-order valence-corrected chi connectivity index (χ3v) is 2.88. The lowest BCUT2D eigenvalue weighted by molar-refractivity contribution is 0.367. The van der Waals surface area contributed by atoms with Gasteiger partial charge in [0.25, 0.3) is 0 Å². The molecule has 1 fully saturated rings. The Bertz CT molecular complexity index is 186. The average Bonchev–Trinajstić information content (AvgIpc) is 2.28. The minimum Gasteiger partial charge on any atom is -0.360 e. The van der Waals surface area contributed by atoms with Gasteiger partial charge >= 0.3 is 0 Å². The van der Waals surface area contributed by atoms with Crippen LogP contribution in [0.5, 0.6) is 0 Å². The number of amidine groups is 1. The summed E-state index contributed by atoms with van der Waals surface area (Å²) in [5, 5.41) is 0. The molecule has 0 radical (unpaired) electrons. The Hall–Kier alpha value is -0.530. The second-order valence-corrected chi connectivity index (χ2v) is 3.98. The summed E-state index contributed by atoms with van der Waals surface area (Å²) < 4.78 is 0. The van der Waals surface area contributed by atoms with Crippen LogP contribution in [0.4, 0.5) is 0 Å². The van der Waals surface area contributed by atoms with E-state index in [-0.39, 0.29) is 0 Å². The highest BCUT2D eigenvalue weighted by atomic mass is 15.2. The van der Waals surface area contributed by atoms with Gasteiger partial charge in [0, 0.05) is 19.5 Å². The van der Waals surface area contributed by atoms with Crippen LogP contribution in [0.1, 0.15) is 39.0 Å². The zero-order valence-electron chi connectivity index (χ0n) is 7.92. The highest BCUT2D eigenvalue weighted by Crippen LogP contribution is 2.18. The van der Waals surface area contributed by atoms with Crippen molar-refractivity contribution < 1.29 is 0 Å². The van der Waals surface area contributed by atoms with E-state index in [1.807, 2.05) is 0 Å². The molecule has 2 rings (SSSR count). The molecule has 0 spiro atoms. The van der Waals surface area contributed by atoms with Crippen LogP contribution < -0.4 is 0 Å². The molecule has 2 heteroatoms. The summed E-state index contributed by atoms with van der Waals surface area (Å²) in [4.78, 5) is 7.20. The Morgan fingerprint density at radius 2 is 2.17 bits per heavy atom. The number of aliphatic imine (C=N–C) groups is 1. The topological polar surface area (TPSA) is 15.6 Å². The van der Waals surface area contributed by atoms with Crippen molar-refractivity contribution in [3.63, 3.8) is 0 Å². The van der Waals surface area contributed by atoms with Crippen molar-refractivity contribution >= 4 is 5.84 Å². The number of hydrogen-bond donors (Lipinski definition) is 0. The van der Waals surface area contributed by atoms with E-state index < -0.39 is 0 Å². The molecule has 2 nitrogen and oxygen atoms in total. The molecule has 0 aliphatic carbocycles.